The van der Waals surface area contributed by atoms with Crippen LogP contribution >= 0.6 is 25.3 Å². The lowest BCUT2D eigenvalue weighted by atomic mass is 10.1. The fourth-order valence-electron chi connectivity index (χ4n) is 11.0. The highest BCUT2D eigenvalue weighted by molar-refractivity contribution is 7.96. The van der Waals surface area contributed by atoms with Crippen LogP contribution < -0.4 is 18.9 Å². The van der Waals surface area contributed by atoms with Crippen LogP contribution in [-0.4, -0.2) is 26.4 Å². The summed E-state index contributed by atoms with van der Waals surface area (Å²) in [4.78, 5) is 1.69. The maximum absolute atomic E-state index is 6.47. The lowest BCUT2D eigenvalue weighted by Crippen LogP contribution is -2.03. The summed E-state index contributed by atoms with van der Waals surface area (Å²) >= 11 is 9.99. The molecule has 0 heterocycles. The van der Waals surface area contributed by atoms with E-state index in [9.17, 15) is 0 Å². The van der Waals surface area contributed by atoms with Crippen LogP contribution in [0.25, 0.3) is 34.1 Å². The largest absolute Gasteiger partial charge is 0.490 e. The first kappa shape index (κ1) is 72.5. The first-order valence-corrected chi connectivity index (χ1v) is 35.8. The SMILES string of the molecule is CCCCCCCCCCCCOc1ccc(C=Cc2ccc(C(S)=C(S)c3ccc(C=Cc4ccc(OCCCCCCCCCCCC)c(OCCCCCCCCCCCC)c4)cc3)cc2)cc1OCCCCCCCCCCCC. The van der Waals surface area contributed by atoms with Crippen LogP contribution in [0.3, 0.4) is 0 Å². The van der Waals surface area contributed by atoms with E-state index in [0.29, 0.717) is 0 Å². The standard InChI is InChI=1S/C78H120O4S2/c1-5-9-13-17-21-25-29-33-37-41-61-79-73-59-53-69(65-75(73)81-63-43-39-35-31-27-23-19-15-11-7-3)47-45-67-49-55-71(56-50-67)77(83)78(84)72-57-51-68(52-58-72)46-48-70-54-60-74(80-62-42-38-34-30-26-22-18-14-10-6-2)76(66-70)82-64-44-40-36-32-28-24-20-16-12-8-4/h45-60,65-66,83-84H,5-44,61-64H2,1-4H3. The van der Waals surface area contributed by atoms with Gasteiger partial charge in [0.2, 0.25) is 0 Å². The molecule has 0 atom stereocenters. The van der Waals surface area contributed by atoms with E-state index in [4.69, 9.17) is 44.2 Å². The molecular weight excluding hydrogens is 1060 g/mol. The molecule has 0 aromatic heterocycles. The second-order valence-corrected chi connectivity index (χ2v) is 25.0. The molecule has 468 valence electrons. The Bertz CT molecular complexity index is 2140. The van der Waals surface area contributed by atoms with Crippen molar-refractivity contribution < 1.29 is 18.9 Å². The van der Waals surface area contributed by atoms with Crippen molar-refractivity contribution in [3.05, 3.63) is 118 Å². The average molecular weight is 1190 g/mol. The lowest BCUT2D eigenvalue weighted by Gasteiger charge is -2.14. The van der Waals surface area contributed by atoms with Gasteiger partial charge in [-0.25, -0.2) is 0 Å². The number of hydrogen-bond donors (Lipinski definition) is 2. The third-order valence-corrected chi connectivity index (χ3v) is 17.6. The van der Waals surface area contributed by atoms with Crippen LogP contribution in [0.4, 0.5) is 0 Å². The molecule has 0 radical (unpaired) electrons. The van der Waals surface area contributed by atoms with Crippen molar-refractivity contribution in [3.8, 4) is 23.0 Å². The molecule has 0 aliphatic heterocycles. The number of thiol groups is 2. The Morgan fingerprint density at radius 3 is 0.702 bits per heavy atom. The molecule has 0 saturated carbocycles. The molecule has 0 spiro atoms. The van der Waals surface area contributed by atoms with Crippen LogP contribution in [-0.2, 0) is 0 Å². The molecule has 0 fully saturated rings. The average Bonchev–Trinajstić information content (AvgIpc) is 3.73. The quantitative estimate of drug-likeness (QED) is 0.0262. The molecule has 0 N–H and O–H groups in total. The van der Waals surface area contributed by atoms with E-state index in [1.165, 1.54) is 231 Å². The Kier molecular flexibility index (Phi) is 43.2. The summed E-state index contributed by atoms with van der Waals surface area (Å²) in [5, 5.41) is 0. The summed E-state index contributed by atoms with van der Waals surface area (Å²) < 4.78 is 25.7. The zero-order chi connectivity index (χ0) is 59.6. The van der Waals surface area contributed by atoms with Crippen LogP contribution in [0, 0.1) is 0 Å². The number of benzene rings is 4. The van der Waals surface area contributed by atoms with Crippen molar-refractivity contribution in [1.82, 2.24) is 0 Å². The van der Waals surface area contributed by atoms with E-state index < -0.39 is 0 Å². The third-order valence-electron chi connectivity index (χ3n) is 16.5. The highest BCUT2D eigenvalue weighted by atomic mass is 32.1. The second-order valence-electron chi connectivity index (χ2n) is 24.1. The molecule has 4 aromatic carbocycles. The smallest absolute Gasteiger partial charge is 0.161 e. The number of rotatable bonds is 54. The van der Waals surface area contributed by atoms with Gasteiger partial charge in [-0.2, -0.15) is 0 Å². The second kappa shape index (κ2) is 50.0. The van der Waals surface area contributed by atoms with Crippen LogP contribution in [0.2, 0.25) is 0 Å². The summed E-state index contributed by atoms with van der Waals surface area (Å²) in [6, 6.07) is 29.9. The van der Waals surface area contributed by atoms with Crippen molar-refractivity contribution in [2.24, 2.45) is 0 Å². The number of ether oxygens (including phenoxy) is 4. The van der Waals surface area contributed by atoms with Crippen LogP contribution in [0.15, 0.2) is 84.9 Å². The van der Waals surface area contributed by atoms with E-state index >= 15 is 0 Å². The minimum atomic E-state index is 0.717. The highest BCUT2D eigenvalue weighted by Crippen LogP contribution is 2.35. The van der Waals surface area contributed by atoms with Gasteiger partial charge in [-0.05, 0) is 83.3 Å². The Labute approximate surface area is 527 Å². The first-order valence-electron chi connectivity index (χ1n) is 34.9. The summed E-state index contributed by atoms with van der Waals surface area (Å²) in [5.74, 6) is 3.42. The first-order chi connectivity index (χ1) is 41.4. The molecule has 0 aliphatic carbocycles. The monoisotopic (exact) mass is 1180 g/mol. The molecule has 0 amide bonds. The summed E-state index contributed by atoms with van der Waals surface area (Å²) in [7, 11) is 0. The molecule has 4 rings (SSSR count). The van der Waals surface area contributed by atoms with E-state index in [0.717, 1.165) is 118 Å². The van der Waals surface area contributed by atoms with Gasteiger partial charge in [0.15, 0.2) is 23.0 Å². The van der Waals surface area contributed by atoms with Gasteiger partial charge in [-0.3, -0.25) is 0 Å². The number of hydrogen-bond acceptors (Lipinski definition) is 6. The molecule has 0 bridgehead atoms. The summed E-state index contributed by atoms with van der Waals surface area (Å²) in [6.45, 7) is 12.1. The predicted octanol–water partition coefficient (Wildman–Crippen LogP) is 25.9. The van der Waals surface area contributed by atoms with Gasteiger partial charge < -0.3 is 18.9 Å². The summed E-state index contributed by atoms with van der Waals surface area (Å²) in [5.41, 5.74) is 6.48. The van der Waals surface area contributed by atoms with Crippen molar-refractivity contribution in [3.63, 3.8) is 0 Å². The minimum Gasteiger partial charge on any atom is -0.490 e. The van der Waals surface area contributed by atoms with E-state index in [1.807, 2.05) is 0 Å². The van der Waals surface area contributed by atoms with Crippen LogP contribution in [0.5, 0.6) is 23.0 Å². The van der Waals surface area contributed by atoms with Gasteiger partial charge >= 0.3 is 0 Å². The van der Waals surface area contributed by atoms with Crippen molar-refractivity contribution in [2.75, 3.05) is 26.4 Å². The molecule has 0 saturated heterocycles. The van der Waals surface area contributed by atoms with E-state index in [-0.39, 0.29) is 0 Å². The fourth-order valence-corrected chi connectivity index (χ4v) is 11.5. The van der Waals surface area contributed by atoms with Gasteiger partial charge in [0.25, 0.3) is 0 Å². The van der Waals surface area contributed by atoms with Gasteiger partial charge in [0, 0.05) is 9.81 Å². The van der Waals surface area contributed by atoms with Crippen LogP contribution in [0.1, 0.15) is 318 Å². The molecule has 4 aromatic rings. The Morgan fingerprint density at radius 1 is 0.250 bits per heavy atom. The predicted molar refractivity (Wildman–Crippen MR) is 378 cm³/mol. The highest BCUT2D eigenvalue weighted by Gasteiger charge is 2.11. The van der Waals surface area contributed by atoms with Crippen molar-refractivity contribution in [1.29, 1.82) is 0 Å². The van der Waals surface area contributed by atoms with Crippen molar-refractivity contribution in [2.45, 2.75) is 285 Å². The third kappa shape index (κ3) is 34.4. The Balaban J connectivity index is 1.31. The fraction of sp³-hybridized carbons (Fsp3) is 0.615. The van der Waals surface area contributed by atoms with Gasteiger partial charge in [0.1, 0.15) is 0 Å². The zero-order valence-electron chi connectivity index (χ0n) is 54.0. The van der Waals surface area contributed by atoms with Crippen molar-refractivity contribution >= 4 is 59.4 Å². The Morgan fingerprint density at radius 2 is 0.452 bits per heavy atom. The van der Waals surface area contributed by atoms with Gasteiger partial charge in [-0.15, -0.1) is 25.3 Å². The molecule has 84 heavy (non-hydrogen) atoms. The maximum atomic E-state index is 6.47. The molecule has 6 heteroatoms. The van der Waals surface area contributed by atoms with E-state index in [2.05, 4.69) is 137 Å². The normalized spacial score (nSPS) is 12.0. The van der Waals surface area contributed by atoms with Gasteiger partial charge in [-0.1, -0.05) is 344 Å². The topological polar surface area (TPSA) is 36.9 Å². The Hall–Kier alpha value is -4.00. The van der Waals surface area contributed by atoms with Gasteiger partial charge in [0.05, 0.1) is 26.4 Å². The lowest BCUT2D eigenvalue weighted by molar-refractivity contribution is 0.258. The van der Waals surface area contributed by atoms with E-state index in [1.54, 1.807) is 0 Å². The molecule has 0 unspecified atom stereocenters. The zero-order valence-corrected chi connectivity index (χ0v) is 55.8. The number of unbranched alkanes of at least 4 members (excludes halogenated alkanes) is 36. The maximum Gasteiger partial charge on any atom is 0.161 e. The molecule has 0 aliphatic rings. The summed E-state index contributed by atoms with van der Waals surface area (Å²) in [6.07, 6.45) is 61.2. The minimum absolute atomic E-state index is 0.717. The molecular formula is C78H120O4S2. The molecule has 4 nitrogen and oxygen atoms in total.